The first-order valence-electron chi connectivity index (χ1n) is 5.72. The number of aromatic nitrogens is 5. The summed E-state index contributed by atoms with van der Waals surface area (Å²) in [6.07, 6.45) is 0.569. The van der Waals surface area contributed by atoms with Gasteiger partial charge in [-0.15, -0.1) is 14.8 Å². The first-order chi connectivity index (χ1) is 8.24. The molecule has 1 fully saturated rings. The molecule has 1 N–H and O–H groups in total. The largest absolute Gasteiger partial charge is 0.393 e. The highest BCUT2D eigenvalue weighted by molar-refractivity contribution is 5.44. The summed E-state index contributed by atoms with van der Waals surface area (Å²) in [4.78, 5) is 2.15. The molecule has 0 saturated carbocycles. The van der Waals surface area contributed by atoms with Crippen molar-refractivity contribution in [3.05, 3.63) is 12.1 Å². The summed E-state index contributed by atoms with van der Waals surface area (Å²) in [5, 5.41) is 25.2. The van der Waals surface area contributed by atoms with Crippen molar-refractivity contribution in [2.75, 3.05) is 18.0 Å². The number of hydrogen-bond acceptors (Lipinski definition) is 6. The van der Waals surface area contributed by atoms with Crippen LogP contribution in [0.2, 0.25) is 0 Å². The molecule has 1 aliphatic heterocycles. The number of nitrogens with zero attached hydrogens (tertiary/aromatic N) is 6. The summed E-state index contributed by atoms with van der Waals surface area (Å²) in [7, 11) is 0. The van der Waals surface area contributed by atoms with E-state index in [1.54, 1.807) is 0 Å². The molecular formula is C10H14N6O. The molecular weight excluding hydrogens is 220 g/mol. The summed E-state index contributed by atoms with van der Waals surface area (Å²) in [5.74, 6) is 1.11. The highest BCUT2D eigenvalue weighted by Crippen LogP contribution is 2.21. The van der Waals surface area contributed by atoms with Crippen LogP contribution < -0.4 is 4.90 Å². The number of tetrazole rings is 1. The molecule has 1 aliphatic rings. The molecule has 7 nitrogen and oxygen atoms in total. The van der Waals surface area contributed by atoms with Crippen LogP contribution in [0.1, 0.15) is 13.3 Å². The van der Waals surface area contributed by atoms with Crippen molar-refractivity contribution in [3.8, 4) is 0 Å². The highest BCUT2D eigenvalue weighted by atomic mass is 16.3. The maximum absolute atomic E-state index is 9.70. The average molecular weight is 234 g/mol. The fraction of sp³-hybridized carbons (Fsp3) is 0.600. The second-order valence-electron chi connectivity index (χ2n) is 4.50. The molecule has 3 heterocycles. The molecule has 2 unspecified atom stereocenters. The minimum absolute atomic E-state index is 0.206. The molecule has 2 atom stereocenters. The van der Waals surface area contributed by atoms with Gasteiger partial charge in [0.15, 0.2) is 11.5 Å². The Labute approximate surface area is 98.0 Å². The van der Waals surface area contributed by atoms with Gasteiger partial charge in [0, 0.05) is 13.1 Å². The first kappa shape index (κ1) is 10.4. The van der Waals surface area contributed by atoms with Gasteiger partial charge in [-0.2, -0.15) is 0 Å². The first-order valence-corrected chi connectivity index (χ1v) is 5.72. The molecule has 0 amide bonds. The van der Waals surface area contributed by atoms with Gasteiger partial charge in [0.1, 0.15) is 0 Å². The third-order valence-corrected chi connectivity index (χ3v) is 3.24. The molecule has 0 bridgehead atoms. The lowest BCUT2D eigenvalue weighted by Gasteiger charge is -2.34. The van der Waals surface area contributed by atoms with E-state index in [1.165, 1.54) is 4.63 Å². The van der Waals surface area contributed by atoms with E-state index < -0.39 is 0 Å². The lowest BCUT2D eigenvalue weighted by molar-refractivity contribution is 0.0968. The molecule has 2 aromatic rings. The van der Waals surface area contributed by atoms with Gasteiger partial charge in [-0.05, 0) is 34.9 Å². The topological polar surface area (TPSA) is 79.4 Å². The molecule has 0 aliphatic carbocycles. The van der Waals surface area contributed by atoms with Crippen LogP contribution in [0.15, 0.2) is 12.1 Å². The van der Waals surface area contributed by atoms with Crippen molar-refractivity contribution in [3.63, 3.8) is 0 Å². The van der Waals surface area contributed by atoms with E-state index in [-0.39, 0.29) is 12.0 Å². The molecule has 0 aromatic carbocycles. The average Bonchev–Trinajstić information content (AvgIpc) is 2.79. The maximum Gasteiger partial charge on any atom is 0.200 e. The quantitative estimate of drug-likeness (QED) is 0.731. The van der Waals surface area contributed by atoms with E-state index in [0.717, 1.165) is 25.3 Å². The van der Waals surface area contributed by atoms with Gasteiger partial charge in [-0.3, -0.25) is 0 Å². The van der Waals surface area contributed by atoms with Gasteiger partial charge in [0.05, 0.1) is 6.10 Å². The van der Waals surface area contributed by atoms with Crippen molar-refractivity contribution in [1.82, 2.24) is 25.3 Å². The molecule has 7 heteroatoms. The zero-order chi connectivity index (χ0) is 11.8. The molecule has 3 rings (SSSR count). The molecule has 2 aromatic heterocycles. The number of fused-ring (bicyclic) bond motifs is 1. The Bertz CT molecular complexity index is 526. The molecule has 17 heavy (non-hydrogen) atoms. The second kappa shape index (κ2) is 3.92. The molecule has 1 saturated heterocycles. The van der Waals surface area contributed by atoms with Crippen LogP contribution in [0.3, 0.4) is 0 Å². The minimum Gasteiger partial charge on any atom is -0.393 e. The van der Waals surface area contributed by atoms with Gasteiger partial charge >= 0.3 is 0 Å². The van der Waals surface area contributed by atoms with E-state index >= 15 is 0 Å². The zero-order valence-corrected chi connectivity index (χ0v) is 9.56. The Morgan fingerprint density at radius 2 is 2.29 bits per heavy atom. The smallest absolute Gasteiger partial charge is 0.200 e. The van der Waals surface area contributed by atoms with E-state index in [1.807, 2.05) is 19.1 Å². The Morgan fingerprint density at radius 3 is 3.12 bits per heavy atom. The summed E-state index contributed by atoms with van der Waals surface area (Å²) < 4.78 is 1.42. The summed E-state index contributed by atoms with van der Waals surface area (Å²) in [6.45, 7) is 3.67. The summed E-state index contributed by atoms with van der Waals surface area (Å²) >= 11 is 0. The molecule has 0 radical (unpaired) electrons. The summed E-state index contributed by atoms with van der Waals surface area (Å²) in [5.41, 5.74) is 0.638. The Kier molecular flexibility index (Phi) is 2.40. The highest BCUT2D eigenvalue weighted by Gasteiger charge is 2.25. The van der Waals surface area contributed by atoms with Gasteiger partial charge in [0.25, 0.3) is 0 Å². The number of aliphatic hydroxyl groups is 1. The number of piperidine rings is 1. The van der Waals surface area contributed by atoms with Crippen molar-refractivity contribution in [2.45, 2.75) is 19.4 Å². The predicted octanol–water partition coefficient (Wildman–Crippen LogP) is -0.274. The fourth-order valence-corrected chi connectivity index (χ4v) is 2.15. The standard InChI is InChI=1S/C10H14N6O/c1-7-6-15(5-4-8(7)17)10-3-2-9-11-13-14-16(9)12-10/h2-3,7-8,17H,4-6H2,1H3. The Hall–Kier alpha value is -1.76. The minimum atomic E-state index is -0.206. The Balaban J connectivity index is 1.88. The third kappa shape index (κ3) is 1.82. The normalized spacial score (nSPS) is 25.4. The van der Waals surface area contributed by atoms with Crippen LogP contribution in [-0.4, -0.2) is 49.6 Å². The SMILES string of the molecule is CC1CN(c2ccc3nnnn3n2)CCC1O. The summed E-state index contributed by atoms with van der Waals surface area (Å²) in [6, 6.07) is 3.76. The van der Waals surface area contributed by atoms with Gasteiger partial charge in [-0.25, -0.2) is 0 Å². The maximum atomic E-state index is 9.70. The van der Waals surface area contributed by atoms with Crippen LogP contribution in [0.5, 0.6) is 0 Å². The van der Waals surface area contributed by atoms with Crippen molar-refractivity contribution in [1.29, 1.82) is 0 Å². The van der Waals surface area contributed by atoms with Crippen LogP contribution >= 0.6 is 0 Å². The lowest BCUT2D eigenvalue weighted by Crippen LogP contribution is -2.42. The van der Waals surface area contributed by atoms with Gasteiger partial charge in [-0.1, -0.05) is 6.92 Å². The lowest BCUT2D eigenvalue weighted by atomic mass is 9.97. The van der Waals surface area contributed by atoms with Crippen molar-refractivity contribution in [2.24, 2.45) is 5.92 Å². The van der Waals surface area contributed by atoms with Gasteiger partial charge in [0.2, 0.25) is 0 Å². The van der Waals surface area contributed by atoms with Crippen LogP contribution in [0.4, 0.5) is 5.82 Å². The fourth-order valence-electron chi connectivity index (χ4n) is 2.15. The number of rotatable bonds is 1. The molecule has 90 valence electrons. The van der Waals surface area contributed by atoms with E-state index in [2.05, 4.69) is 25.5 Å². The number of anilines is 1. The predicted molar refractivity (Wildman–Crippen MR) is 60.6 cm³/mol. The second-order valence-corrected chi connectivity index (χ2v) is 4.50. The van der Waals surface area contributed by atoms with E-state index in [0.29, 0.717) is 5.65 Å². The van der Waals surface area contributed by atoms with E-state index in [9.17, 15) is 5.11 Å². The number of aliphatic hydroxyl groups excluding tert-OH is 1. The third-order valence-electron chi connectivity index (χ3n) is 3.24. The van der Waals surface area contributed by atoms with E-state index in [4.69, 9.17) is 0 Å². The monoisotopic (exact) mass is 234 g/mol. The van der Waals surface area contributed by atoms with Crippen molar-refractivity contribution >= 4 is 11.5 Å². The Morgan fingerprint density at radius 1 is 1.41 bits per heavy atom. The molecule has 0 spiro atoms. The van der Waals surface area contributed by atoms with Gasteiger partial charge < -0.3 is 10.0 Å². The number of hydrogen-bond donors (Lipinski definition) is 1. The zero-order valence-electron chi connectivity index (χ0n) is 9.56. The van der Waals surface area contributed by atoms with Crippen LogP contribution in [-0.2, 0) is 0 Å². The van der Waals surface area contributed by atoms with Crippen molar-refractivity contribution < 1.29 is 5.11 Å². The van der Waals surface area contributed by atoms with Crippen LogP contribution in [0, 0.1) is 5.92 Å². The van der Waals surface area contributed by atoms with Crippen LogP contribution in [0.25, 0.3) is 5.65 Å².